The van der Waals surface area contributed by atoms with Gasteiger partial charge in [-0.25, -0.2) is 4.98 Å². The number of nitrogens with zero attached hydrogens (tertiary/aromatic N) is 1. The second-order valence-corrected chi connectivity index (χ2v) is 6.68. The highest BCUT2D eigenvalue weighted by molar-refractivity contribution is 7.11. The average molecular weight is 343 g/mol. The minimum Gasteiger partial charge on any atom is -0.355 e. The van der Waals surface area contributed by atoms with E-state index in [9.17, 15) is 9.59 Å². The first kappa shape index (κ1) is 17.9. The smallest absolute Gasteiger partial charge is 0.251 e. The van der Waals surface area contributed by atoms with Crippen LogP contribution in [-0.4, -0.2) is 23.8 Å². The van der Waals surface area contributed by atoms with Crippen LogP contribution in [0.3, 0.4) is 0 Å². The van der Waals surface area contributed by atoms with Crippen LogP contribution in [0.25, 0.3) is 6.08 Å². The molecule has 0 aliphatic carbocycles. The van der Waals surface area contributed by atoms with Gasteiger partial charge in [-0.05, 0) is 44.5 Å². The summed E-state index contributed by atoms with van der Waals surface area (Å²) in [6, 6.07) is 6.97. The van der Waals surface area contributed by atoms with Crippen LogP contribution in [0.15, 0.2) is 30.3 Å². The van der Waals surface area contributed by atoms with E-state index in [2.05, 4.69) is 15.6 Å². The molecule has 0 saturated heterocycles. The van der Waals surface area contributed by atoms with Crippen molar-refractivity contribution in [3.8, 4) is 0 Å². The molecule has 2 rings (SSSR count). The maximum absolute atomic E-state index is 12.1. The molecular formula is C18H21N3O2S. The van der Waals surface area contributed by atoms with Gasteiger partial charge in [-0.1, -0.05) is 12.1 Å². The summed E-state index contributed by atoms with van der Waals surface area (Å²) in [6.07, 6.45) is 3.22. The lowest BCUT2D eigenvalue weighted by Crippen LogP contribution is -2.24. The molecule has 24 heavy (non-hydrogen) atoms. The first-order valence-corrected chi connectivity index (χ1v) is 8.47. The number of amides is 2. The van der Waals surface area contributed by atoms with Crippen molar-refractivity contribution in [2.24, 2.45) is 0 Å². The summed E-state index contributed by atoms with van der Waals surface area (Å²) in [6.45, 7) is 5.85. The van der Waals surface area contributed by atoms with Gasteiger partial charge in [-0.15, -0.1) is 11.3 Å². The standard InChI is InChI=1S/C18H21N3O2S/c1-11-17(24-13(3)20-11)12(2)21-16(22)10-7-14-5-8-15(9-6-14)18(23)19-4/h5-10,12H,1-4H3,(H,19,23)(H,21,22). The Balaban J connectivity index is 1.97. The van der Waals surface area contributed by atoms with Gasteiger partial charge >= 0.3 is 0 Å². The summed E-state index contributed by atoms with van der Waals surface area (Å²) in [5.74, 6) is -0.296. The molecule has 0 radical (unpaired) electrons. The third-order valence-corrected chi connectivity index (χ3v) is 4.77. The number of carbonyl (C=O) groups is 2. The summed E-state index contributed by atoms with van der Waals surface area (Å²) >= 11 is 1.60. The fourth-order valence-electron chi connectivity index (χ4n) is 2.34. The molecule has 0 saturated carbocycles. The van der Waals surface area contributed by atoms with E-state index in [1.54, 1.807) is 48.7 Å². The van der Waals surface area contributed by atoms with Crippen molar-refractivity contribution in [2.45, 2.75) is 26.8 Å². The lowest BCUT2D eigenvalue weighted by molar-refractivity contribution is -0.117. The van der Waals surface area contributed by atoms with Gasteiger partial charge in [-0.3, -0.25) is 9.59 Å². The highest BCUT2D eigenvalue weighted by atomic mass is 32.1. The Morgan fingerprint density at radius 3 is 2.42 bits per heavy atom. The van der Waals surface area contributed by atoms with Crippen molar-refractivity contribution >= 4 is 29.2 Å². The fraction of sp³-hybridized carbons (Fsp3) is 0.278. The Hall–Kier alpha value is -2.47. The van der Waals surface area contributed by atoms with Gasteiger partial charge in [0.25, 0.3) is 5.91 Å². The Labute approximate surface area is 145 Å². The van der Waals surface area contributed by atoms with Crippen LogP contribution in [-0.2, 0) is 4.79 Å². The molecule has 0 aliphatic heterocycles. The topological polar surface area (TPSA) is 71.1 Å². The van der Waals surface area contributed by atoms with Crippen molar-refractivity contribution < 1.29 is 9.59 Å². The molecule has 5 nitrogen and oxygen atoms in total. The molecule has 126 valence electrons. The van der Waals surface area contributed by atoms with Crippen molar-refractivity contribution in [3.05, 3.63) is 57.0 Å². The minimum absolute atomic E-state index is 0.0797. The van der Waals surface area contributed by atoms with Crippen molar-refractivity contribution in [2.75, 3.05) is 7.05 Å². The minimum atomic E-state index is -0.164. The van der Waals surface area contributed by atoms with E-state index in [4.69, 9.17) is 0 Å². The number of thiazole rings is 1. The zero-order chi connectivity index (χ0) is 17.7. The highest BCUT2D eigenvalue weighted by Crippen LogP contribution is 2.24. The molecule has 2 N–H and O–H groups in total. The Kier molecular flexibility index (Phi) is 5.87. The van der Waals surface area contributed by atoms with E-state index in [-0.39, 0.29) is 17.9 Å². The zero-order valence-electron chi connectivity index (χ0n) is 14.2. The predicted octanol–water partition coefficient (Wildman–Crippen LogP) is 3.01. The van der Waals surface area contributed by atoms with E-state index in [0.717, 1.165) is 21.1 Å². The number of carbonyl (C=O) groups excluding carboxylic acids is 2. The molecule has 2 amide bonds. The molecule has 1 aromatic carbocycles. The highest BCUT2D eigenvalue weighted by Gasteiger charge is 2.14. The van der Waals surface area contributed by atoms with Gasteiger partial charge in [0.05, 0.1) is 16.7 Å². The fourth-order valence-corrected chi connectivity index (χ4v) is 3.27. The maximum Gasteiger partial charge on any atom is 0.251 e. The van der Waals surface area contributed by atoms with Crippen LogP contribution in [0.2, 0.25) is 0 Å². The zero-order valence-corrected chi connectivity index (χ0v) is 15.0. The van der Waals surface area contributed by atoms with E-state index in [1.807, 2.05) is 20.8 Å². The van der Waals surface area contributed by atoms with Gasteiger partial charge in [0, 0.05) is 23.6 Å². The lowest BCUT2D eigenvalue weighted by atomic mass is 10.1. The summed E-state index contributed by atoms with van der Waals surface area (Å²) in [5, 5.41) is 6.50. The predicted molar refractivity (Wildman–Crippen MR) is 97.0 cm³/mol. The molecule has 0 fully saturated rings. The number of rotatable bonds is 5. The molecule has 1 aromatic heterocycles. The van der Waals surface area contributed by atoms with E-state index in [1.165, 1.54) is 6.08 Å². The molecule has 1 unspecified atom stereocenters. The number of aryl methyl sites for hydroxylation is 2. The molecule has 6 heteroatoms. The van der Waals surface area contributed by atoms with Gasteiger partial charge < -0.3 is 10.6 Å². The van der Waals surface area contributed by atoms with Gasteiger partial charge in [0.2, 0.25) is 5.91 Å². The van der Waals surface area contributed by atoms with Crippen LogP contribution in [0, 0.1) is 13.8 Å². The average Bonchev–Trinajstić information content (AvgIpc) is 2.91. The SMILES string of the molecule is CNC(=O)c1ccc(C=CC(=O)NC(C)c2sc(C)nc2C)cc1. The Bertz CT molecular complexity index is 763. The monoisotopic (exact) mass is 343 g/mol. The van der Waals surface area contributed by atoms with Gasteiger partial charge in [0.1, 0.15) is 0 Å². The number of hydrogen-bond acceptors (Lipinski definition) is 4. The summed E-state index contributed by atoms with van der Waals surface area (Å²) in [5.41, 5.74) is 2.40. The van der Waals surface area contributed by atoms with Crippen LogP contribution < -0.4 is 10.6 Å². The van der Waals surface area contributed by atoms with Crippen LogP contribution in [0.5, 0.6) is 0 Å². The first-order chi connectivity index (χ1) is 11.4. The molecule has 2 aromatic rings. The largest absolute Gasteiger partial charge is 0.355 e. The van der Waals surface area contributed by atoms with Crippen molar-refractivity contribution in [1.29, 1.82) is 0 Å². The van der Waals surface area contributed by atoms with Gasteiger partial charge in [-0.2, -0.15) is 0 Å². The molecule has 0 bridgehead atoms. The number of benzene rings is 1. The van der Waals surface area contributed by atoms with Crippen LogP contribution in [0.1, 0.15) is 44.5 Å². The van der Waals surface area contributed by atoms with Crippen molar-refractivity contribution in [3.63, 3.8) is 0 Å². The molecule has 0 spiro atoms. The molecule has 1 heterocycles. The second kappa shape index (κ2) is 7.88. The van der Waals surface area contributed by atoms with E-state index < -0.39 is 0 Å². The number of nitrogens with one attached hydrogen (secondary N) is 2. The van der Waals surface area contributed by atoms with Crippen LogP contribution >= 0.6 is 11.3 Å². The van der Waals surface area contributed by atoms with Crippen molar-refractivity contribution in [1.82, 2.24) is 15.6 Å². The first-order valence-electron chi connectivity index (χ1n) is 7.65. The summed E-state index contributed by atoms with van der Waals surface area (Å²) in [4.78, 5) is 29.0. The Morgan fingerprint density at radius 2 is 1.88 bits per heavy atom. The molecule has 0 aliphatic rings. The lowest BCUT2D eigenvalue weighted by Gasteiger charge is -2.11. The third kappa shape index (κ3) is 4.52. The summed E-state index contributed by atoms with van der Waals surface area (Å²) < 4.78 is 0. The third-order valence-electron chi connectivity index (χ3n) is 3.52. The van der Waals surface area contributed by atoms with E-state index >= 15 is 0 Å². The normalized spacial score (nSPS) is 12.2. The van der Waals surface area contributed by atoms with E-state index in [0.29, 0.717) is 5.56 Å². The van der Waals surface area contributed by atoms with Gasteiger partial charge in [0.15, 0.2) is 0 Å². The molecule has 1 atom stereocenters. The quantitative estimate of drug-likeness (QED) is 0.820. The Morgan fingerprint density at radius 1 is 1.21 bits per heavy atom. The number of aromatic nitrogens is 1. The number of hydrogen-bond donors (Lipinski definition) is 2. The second-order valence-electron chi connectivity index (χ2n) is 5.45. The molecular weight excluding hydrogens is 322 g/mol. The van der Waals surface area contributed by atoms with Crippen LogP contribution in [0.4, 0.5) is 0 Å². The maximum atomic E-state index is 12.1. The summed E-state index contributed by atoms with van der Waals surface area (Å²) in [7, 11) is 1.59.